The number of aliphatic hydroxyl groups excluding tert-OH is 3. The third-order valence-corrected chi connectivity index (χ3v) is 11.1. The minimum Gasteiger partial charge on any atom is -0.462 e. The summed E-state index contributed by atoms with van der Waals surface area (Å²) in [6.45, 7) is 3.74. The molecule has 0 aromatic rings. The highest BCUT2D eigenvalue weighted by Crippen LogP contribution is 2.24. The lowest BCUT2D eigenvalue weighted by Gasteiger charge is -2.40. The van der Waals surface area contributed by atoms with Gasteiger partial charge in [-0.25, -0.2) is 0 Å². The van der Waals surface area contributed by atoms with Gasteiger partial charge in [-0.05, 0) is 38.5 Å². The number of esters is 2. The Morgan fingerprint density at radius 3 is 1.48 bits per heavy atom. The average Bonchev–Trinajstić information content (AvgIpc) is 3.16. The molecule has 6 atom stereocenters. The van der Waals surface area contributed by atoms with E-state index in [2.05, 4.69) is 26.0 Å². The number of allylic oxidation sites excluding steroid dienone is 2. The first-order valence-corrected chi connectivity index (χ1v) is 23.9. The first-order valence-electron chi connectivity index (χ1n) is 22.2. The Labute approximate surface area is 339 Å². The zero-order chi connectivity index (χ0) is 41.3. The van der Waals surface area contributed by atoms with Crippen molar-refractivity contribution >= 4 is 22.1 Å². The monoisotopic (exact) mass is 821 g/mol. The number of rotatable bonds is 37. The SMILES string of the molecule is CCCCCCCCC/C=C\CCCCCCCCCC(=O)OC(COC(=O)CCCCCCCCCCCC)COC1OC(CS(=O)(=O)O)C(O)C(O)C1O. The molecule has 0 bridgehead atoms. The quantitative estimate of drug-likeness (QED) is 0.0203. The summed E-state index contributed by atoms with van der Waals surface area (Å²) in [5.41, 5.74) is 0. The Hall–Kier alpha value is -1.61. The Kier molecular flexibility index (Phi) is 32.1. The number of carbonyl (C=O) groups excluding carboxylic acids is 2. The van der Waals surface area contributed by atoms with Crippen LogP contribution in [0.1, 0.15) is 194 Å². The van der Waals surface area contributed by atoms with Crippen molar-refractivity contribution < 1.29 is 56.8 Å². The lowest BCUT2D eigenvalue weighted by atomic mass is 10.00. The lowest BCUT2D eigenvalue weighted by Crippen LogP contribution is -2.60. The summed E-state index contributed by atoms with van der Waals surface area (Å²) < 4.78 is 54.0. The van der Waals surface area contributed by atoms with Crippen molar-refractivity contribution in [1.29, 1.82) is 0 Å². The predicted molar refractivity (Wildman–Crippen MR) is 220 cm³/mol. The van der Waals surface area contributed by atoms with Gasteiger partial charge in [0.25, 0.3) is 10.1 Å². The molecule has 1 heterocycles. The Morgan fingerprint density at radius 1 is 0.589 bits per heavy atom. The fourth-order valence-corrected chi connectivity index (χ4v) is 7.54. The number of aliphatic hydroxyl groups is 3. The molecule has 0 aromatic carbocycles. The molecule has 0 amide bonds. The molecule has 1 fully saturated rings. The van der Waals surface area contributed by atoms with Crippen LogP contribution in [-0.4, -0.2) is 96.0 Å². The van der Waals surface area contributed by atoms with Crippen LogP contribution >= 0.6 is 0 Å². The second-order valence-electron chi connectivity index (χ2n) is 15.7. The van der Waals surface area contributed by atoms with Gasteiger partial charge < -0.3 is 34.3 Å². The third-order valence-electron chi connectivity index (χ3n) is 10.3. The molecule has 1 saturated heterocycles. The topological polar surface area (TPSA) is 186 Å². The van der Waals surface area contributed by atoms with Gasteiger partial charge in [0.15, 0.2) is 12.4 Å². The summed E-state index contributed by atoms with van der Waals surface area (Å²) in [4.78, 5) is 25.3. The standard InChI is InChI=1S/C43H80O12S/c1-3-5-7-9-11-13-15-16-17-18-19-20-21-22-24-26-28-30-32-39(45)54-36(33-52-38(44)31-29-27-25-23-14-12-10-8-6-4-2)34-53-43-42(48)41(47)40(46)37(55-43)35-56(49,50)51/h17-18,36-37,40-43,46-48H,3-16,19-35H2,1-2H3,(H,49,50,51)/b18-17-. The van der Waals surface area contributed by atoms with Crippen molar-refractivity contribution in [3.8, 4) is 0 Å². The largest absolute Gasteiger partial charge is 0.462 e. The molecule has 1 rings (SSSR count). The van der Waals surface area contributed by atoms with Crippen LogP contribution in [0.15, 0.2) is 12.2 Å². The smallest absolute Gasteiger partial charge is 0.306 e. The first-order chi connectivity index (χ1) is 27.0. The number of ether oxygens (including phenoxy) is 4. The Morgan fingerprint density at radius 2 is 1.02 bits per heavy atom. The molecule has 0 aliphatic carbocycles. The normalized spacial score (nSPS) is 20.7. The van der Waals surface area contributed by atoms with Crippen LogP contribution in [0.4, 0.5) is 0 Å². The van der Waals surface area contributed by atoms with Crippen LogP contribution in [0.2, 0.25) is 0 Å². The van der Waals surface area contributed by atoms with Crippen LogP contribution in [0.3, 0.4) is 0 Å². The van der Waals surface area contributed by atoms with E-state index in [9.17, 15) is 37.9 Å². The highest BCUT2D eigenvalue weighted by molar-refractivity contribution is 7.85. The van der Waals surface area contributed by atoms with Gasteiger partial charge in [0, 0.05) is 12.8 Å². The van der Waals surface area contributed by atoms with Gasteiger partial charge in [0.2, 0.25) is 0 Å². The van der Waals surface area contributed by atoms with Gasteiger partial charge in [-0.15, -0.1) is 0 Å². The number of hydrogen-bond donors (Lipinski definition) is 4. The maximum atomic E-state index is 12.8. The fraction of sp³-hybridized carbons (Fsp3) is 0.907. The molecule has 0 spiro atoms. The van der Waals surface area contributed by atoms with Crippen molar-refractivity contribution in [3.63, 3.8) is 0 Å². The van der Waals surface area contributed by atoms with Crippen LogP contribution in [0.5, 0.6) is 0 Å². The molecular formula is C43H80O12S. The molecule has 1 aliphatic heterocycles. The van der Waals surface area contributed by atoms with E-state index in [1.54, 1.807) is 0 Å². The maximum absolute atomic E-state index is 12.8. The summed E-state index contributed by atoms with van der Waals surface area (Å²) in [5.74, 6) is -1.98. The molecule has 0 saturated carbocycles. The van der Waals surface area contributed by atoms with E-state index in [1.807, 2.05) is 0 Å². The van der Waals surface area contributed by atoms with Crippen LogP contribution in [-0.2, 0) is 38.7 Å². The summed E-state index contributed by atoms with van der Waals surface area (Å²) in [6, 6.07) is 0. The van der Waals surface area contributed by atoms with Crippen molar-refractivity contribution in [2.45, 2.75) is 230 Å². The van der Waals surface area contributed by atoms with E-state index in [4.69, 9.17) is 18.9 Å². The van der Waals surface area contributed by atoms with Crippen LogP contribution in [0, 0.1) is 0 Å². The molecule has 13 heteroatoms. The average molecular weight is 821 g/mol. The molecule has 4 N–H and O–H groups in total. The minimum atomic E-state index is -4.60. The molecule has 1 aliphatic rings. The second kappa shape index (κ2) is 34.3. The van der Waals surface area contributed by atoms with Crippen LogP contribution in [0.25, 0.3) is 0 Å². The number of carbonyl (C=O) groups is 2. The number of unbranched alkanes of at least 4 members (excludes halogenated alkanes) is 23. The van der Waals surface area contributed by atoms with E-state index in [-0.39, 0.29) is 19.4 Å². The molecule has 0 aromatic heterocycles. The van der Waals surface area contributed by atoms with Gasteiger partial charge in [-0.3, -0.25) is 14.1 Å². The number of hydrogen-bond acceptors (Lipinski definition) is 11. The predicted octanol–water partition coefficient (Wildman–Crippen LogP) is 8.67. The van der Waals surface area contributed by atoms with Crippen molar-refractivity contribution in [2.75, 3.05) is 19.0 Å². The zero-order valence-corrected chi connectivity index (χ0v) is 35.8. The molecule has 6 unspecified atom stereocenters. The zero-order valence-electron chi connectivity index (χ0n) is 35.0. The van der Waals surface area contributed by atoms with E-state index in [1.165, 1.54) is 103 Å². The molecule has 0 radical (unpaired) electrons. The van der Waals surface area contributed by atoms with Crippen molar-refractivity contribution in [3.05, 3.63) is 12.2 Å². The van der Waals surface area contributed by atoms with Gasteiger partial charge in [0.1, 0.15) is 36.8 Å². The van der Waals surface area contributed by atoms with E-state index in [0.717, 1.165) is 51.4 Å². The molecular weight excluding hydrogens is 741 g/mol. The highest BCUT2D eigenvalue weighted by atomic mass is 32.2. The molecule has 56 heavy (non-hydrogen) atoms. The fourth-order valence-electron chi connectivity index (χ4n) is 6.85. The lowest BCUT2D eigenvalue weighted by molar-refractivity contribution is -0.297. The van der Waals surface area contributed by atoms with Gasteiger partial charge in [0.05, 0.1) is 6.61 Å². The first kappa shape index (κ1) is 52.4. The van der Waals surface area contributed by atoms with Gasteiger partial charge >= 0.3 is 11.9 Å². The van der Waals surface area contributed by atoms with E-state index >= 15 is 0 Å². The Bertz CT molecular complexity index is 1100. The Balaban J connectivity index is 2.43. The summed E-state index contributed by atoms with van der Waals surface area (Å²) in [6.07, 6.45) is 25.5. The maximum Gasteiger partial charge on any atom is 0.306 e. The third kappa shape index (κ3) is 28.7. The molecule has 12 nitrogen and oxygen atoms in total. The highest BCUT2D eigenvalue weighted by Gasteiger charge is 2.46. The van der Waals surface area contributed by atoms with Crippen molar-refractivity contribution in [1.82, 2.24) is 0 Å². The summed E-state index contributed by atoms with van der Waals surface area (Å²) in [7, 11) is -4.60. The molecule has 330 valence electrons. The summed E-state index contributed by atoms with van der Waals surface area (Å²) in [5, 5.41) is 30.8. The minimum absolute atomic E-state index is 0.163. The van der Waals surface area contributed by atoms with Crippen LogP contribution < -0.4 is 0 Å². The van der Waals surface area contributed by atoms with Crippen molar-refractivity contribution in [2.24, 2.45) is 0 Å². The van der Waals surface area contributed by atoms with Gasteiger partial charge in [-0.2, -0.15) is 8.42 Å². The summed E-state index contributed by atoms with van der Waals surface area (Å²) >= 11 is 0. The van der Waals surface area contributed by atoms with E-state index in [0.29, 0.717) is 12.8 Å². The second-order valence-corrected chi connectivity index (χ2v) is 17.2. The van der Waals surface area contributed by atoms with E-state index < -0.39 is 71.2 Å². The van der Waals surface area contributed by atoms with Gasteiger partial charge in [-0.1, -0.05) is 154 Å².